The van der Waals surface area contributed by atoms with Crippen LogP contribution in [0.2, 0.25) is 0 Å². The molecular formula is C27H32N4O6. The highest BCUT2D eigenvalue weighted by molar-refractivity contribution is 6.05. The zero-order chi connectivity index (χ0) is 26.4. The first kappa shape index (κ1) is 26.0. The van der Waals surface area contributed by atoms with Crippen molar-refractivity contribution in [2.45, 2.75) is 52.0 Å². The van der Waals surface area contributed by atoms with Crippen LogP contribution in [0.15, 0.2) is 70.6 Å². The quantitative estimate of drug-likeness (QED) is 0.524. The Morgan fingerprint density at radius 1 is 0.757 bits per heavy atom. The van der Waals surface area contributed by atoms with Crippen LogP contribution in [0.3, 0.4) is 0 Å². The Kier molecular flexibility index (Phi) is 7.95. The highest BCUT2D eigenvalue weighted by atomic mass is 16.6. The van der Waals surface area contributed by atoms with Crippen LogP contribution < -0.4 is 10.6 Å². The van der Waals surface area contributed by atoms with E-state index < -0.39 is 17.6 Å². The van der Waals surface area contributed by atoms with Gasteiger partial charge in [0.25, 0.3) is 0 Å². The average molecular weight is 509 g/mol. The molecule has 0 aromatic heterocycles. The first-order valence-electron chi connectivity index (χ1n) is 12.2. The van der Waals surface area contributed by atoms with Gasteiger partial charge in [0, 0.05) is 11.4 Å². The van der Waals surface area contributed by atoms with Gasteiger partial charge in [-0.1, -0.05) is 36.4 Å². The van der Waals surface area contributed by atoms with Crippen molar-refractivity contribution in [3.8, 4) is 0 Å². The van der Waals surface area contributed by atoms with E-state index in [-0.39, 0.29) is 37.5 Å². The second-order valence-corrected chi connectivity index (χ2v) is 9.45. The maximum Gasteiger partial charge on any atom is 0.411 e. The van der Waals surface area contributed by atoms with Gasteiger partial charge in [-0.05, 0) is 52.0 Å². The molecule has 10 nitrogen and oxygen atoms in total. The summed E-state index contributed by atoms with van der Waals surface area (Å²) in [6.07, 6.45) is -1.70. The predicted octanol–water partition coefficient (Wildman–Crippen LogP) is 4.88. The van der Waals surface area contributed by atoms with E-state index >= 15 is 0 Å². The van der Waals surface area contributed by atoms with Crippen molar-refractivity contribution in [1.29, 1.82) is 0 Å². The number of rotatable bonds is 8. The van der Waals surface area contributed by atoms with E-state index in [0.717, 1.165) is 0 Å². The van der Waals surface area contributed by atoms with Gasteiger partial charge < -0.3 is 18.9 Å². The highest BCUT2D eigenvalue weighted by Gasteiger charge is 2.45. The van der Waals surface area contributed by atoms with Gasteiger partial charge in [-0.15, -0.1) is 0 Å². The number of anilines is 2. The summed E-state index contributed by atoms with van der Waals surface area (Å²) in [5, 5.41) is 5.36. The second-order valence-electron chi connectivity index (χ2n) is 9.45. The molecule has 2 aromatic rings. The SMILES string of the molecule is C[C@H]1OC(C(C)(C)C2=N[C@H](COC(=O)Nc3ccccc3)[C@@H](C)O2)=N[C@@H]1COC(=O)Nc1ccccc1. The summed E-state index contributed by atoms with van der Waals surface area (Å²) in [6, 6.07) is 17.4. The summed E-state index contributed by atoms with van der Waals surface area (Å²) in [4.78, 5) is 33.6. The number of amides is 2. The molecule has 10 heteroatoms. The first-order valence-corrected chi connectivity index (χ1v) is 12.2. The summed E-state index contributed by atoms with van der Waals surface area (Å²) in [6.45, 7) is 7.68. The molecule has 0 spiro atoms. The lowest BCUT2D eigenvalue weighted by Gasteiger charge is -2.24. The fourth-order valence-corrected chi connectivity index (χ4v) is 3.81. The van der Waals surface area contributed by atoms with Crippen molar-refractivity contribution in [2.24, 2.45) is 15.4 Å². The van der Waals surface area contributed by atoms with Gasteiger partial charge in [0.2, 0.25) is 0 Å². The molecule has 4 atom stereocenters. The molecule has 2 N–H and O–H groups in total. The summed E-state index contributed by atoms with van der Waals surface area (Å²) in [5.41, 5.74) is 0.537. The number of nitrogens with zero attached hydrogens (tertiary/aromatic N) is 2. The molecule has 0 bridgehead atoms. The highest BCUT2D eigenvalue weighted by Crippen LogP contribution is 2.32. The molecule has 0 unspecified atom stereocenters. The Hall–Kier alpha value is -4.08. The van der Waals surface area contributed by atoms with Gasteiger partial charge in [0.15, 0.2) is 11.8 Å². The van der Waals surface area contributed by atoms with Crippen LogP contribution in [0.25, 0.3) is 0 Å². The third-order valence-corrected chi connectivity index (χ3v) is 6.12. The van der Waals surface area contributed by atoms with E-state index in [4.69, 9.17) is 18.9 Å². The maximum absolute atomic E-state index is 12.1. The van der Waals surface area contributed by atoms with Gasteiger partial charge in [0.05, 0.1) is 0 Å². The van der Waals surface area contributed by atoms with Gasteiger partial charge >= 0.3 is 12.2 Å². The van der Waals surface area contributed by atoms with Crippen LogP contribution in [0, 0.1) is 5.41 Å². The molecule has 2 aliphatic heterocycles. The van der Waals surface area contributed by atoms with Crippen molar-refractivity contribution >= 4 is 35.4 Å². The number of para-hydroxylation sites is 2. The third kappa shape index (κ3) is 6.58. The maximum atomic E-state index is 12.1. The molecule has 0 aliphatic carbocycles. The number of ether oxygens (including phenoxy) is 4. The molecule has 0 saturated carbocycles. The van der Waals surface area contributed by atoms with Crippen LogP contribution in [0.5, 0.6) is 0 Å². The fraction of sp³-hybridized carbons (Fsp3) is 0.407. The summed E-state index contributed by atoms with van der Waals surface area (Å²) >= 11 is 0. The van der Waals surface area contributed by atoms with E-state index in [1.165, 1.54) is 0 Å². The minimum atomic E-state index is -0.759. The number of hydrogen-bond acceptors (Lipinski definition) is 8. The third-order valence-electron chi connectivity index (χ3n) is 6.12. The van der Waals surface area contributed by atoms with Crippen LogP contribution in [-0.4, -0.2) is 61.5 Å². The Morgan fingerprint density at radius 3 is 1.51 bits per heavy atom. The molecule has 2 amide bonds. The van der Waals surface area contributed by atoms with Gasteiger partial charge in [0.1, 0.15) is 42.9 Å². The smallest absolute Gasteiger partial charge is 0.411 e. The topological polar surface area (TPSA) is 120 Å². The van der Waals surface area contributed by atoms with Crippen LogP contribution >= 0.6 is 0 Å². The van der Waals surface area contributed by atoms with E-state index in [2.05, 4.69) is 20.6 Å². The number of benzene rings is 2. The minimum absolute atomic E-state index is 0.0656. The number of carbonyl (C=O) groups excluding carboxylic acids is 2. The van der Waals surface area contributed by atoms with E-state index in [1.807, 2.05) is 64.1 Å². The summed E-state index contributed by atoms with van der Waals surface area (Å²) < 4.78 is 22.8. The Labute approximate surface area is 216 Å². The van der Waals surface area contributed by atoms with Gasteiger partial charge in [-0.2, -0.15) is 0 Å². The first-order chi connectivity index (χ1) is 17.7. The van der Waals surface area contributed by atoms with Crippen molar-refractivity contribution in [1.82, 2.24) is 0 Å². The lowest BCUT2D eigenvalue weighted by atomic mass is 9.93. The molecule has 37 heavy (non-hydrogen) atoms. The molecule has 0 fully saturated rings. The second kappa shape index (κ2) is 11.3. The zero-order valence-electron chi connectivity index (χ0n) is 21.3. The normalized spacial score (nSPS) is 22.7. The Balaban J connectivity index is 1.32. The van der Waals surface area contributed by atoms with Crippen molar-refractivity contribution < 1.29 is 28.5 Å². The molecule has 196 valence electrons. The Bertz CT molecular complexity index is 1060. The van der Waals surface area contributed by atoms with Crippen LogP contribution in [0.1, 0.15) is 27.7 Å². The largest absolute Gasteiger partial charge is 0.475 e. The minimum Gasteiger partial charge on any atom is -0.475 e. The monoisotopic (exact) mass is 508 g/mol. The van der Waals surface area contributed by atoms with Gasteiger partial charge in [-0.25, -0.2) is 19.6 Å². The number of hydrogen-bond donors (Lipinski definition) is 2. The van der Waals surface area contributed by atoms with Crippen molar-refractivity contribution in [3.05, 3.63) is 60.7 Å². The van der Waals surface area contributed by atoms with E-state index in [0.29, 0.717) is 23.2 Å². The predicted molar refractivity (Wildman–Crippen MR) is 140 cm³/mol. The standard InChI is InChI=1S/C27H32N4O6/c1-17-21(15-34-25(32)28-19-11-7-5-8-12-19)30-23(36-17)27(3,4)24-31-22(18(2)37-24)16-35-26(33)29-20-13-9-6-10-14-20/h5-14,17-18,21-22H,15-16H2,1-4H3,(H,28,32)(H,29,33)/t17-,18-,21-,22-/m1/s1. The molecule has 2 aromatic carbocycles. The molecule has 4 rings (SSSR count). The van der Waals surface area contributed by atoms with Gasteiger partial charge in [-0.3, -0.25) is 10.6 Å². The lowest BCUT2D eigenvalue weighted by molar-refractivity contribution is 0.120. The van der Waals surface area contributed by atoms with Crippen molar-refractivity contribution in [3.63, 3.8) is 0 Å². The molecule has 0 saturated heterocycles. The average Bonchev–Trinajstić information content (AvgIpc) is 3.45. The molecule has 0 radical (unpaired) electrons. The number of nitrogens with one attached hydrogen (secondary N) is 2. The fourth-order valence-electron chi connectivity index (χ4n) is 3.81. The molecule has 2 aliphatic rings. The van der Waals surface area contributed by atoms with Crippen LogP contribution in [-0.2, 0) is 18.9 Å². The number of carbonyl (C=O) groups is 2. The summed E-state index contributed by atoms with van der Waals surface area (Å²) in [5.74, 6) is 0.901. The van der Waals surface area contributed by atoms with E-state index in [1.54, 1.807) is 24.3 Å². The van der Waals surface area contributed by atoms with Crippen molar-refractivity contribution in [2.75, 3.05) is 23.8 Å². The molecule has 2 heterocycles. The Morgan fingerprint density at radius 2 is 1.14 bits per heavy atom. The summed E-state index contributed by atoms with van der Waals surface area (Å²) in [7, 11) is 0. The van der Waals surface area contributed by atoms with Crippen LogP contribution in [0.4, 0.5) is 21.0 Å². The zero-order valence-corrected chi connectivity index (χ0v) is 21.3. The number of aliphatic imine (C=N–C) groups is 2. The lowest BCUT2D eigenvalue weighted by Crippen LogP contribution is -2.35. The molecular weight excluding hydrogens is 476 g/mol. The van der Waals surface area contributed by atoms with E-state index in [9.17, 15) is 9.59 Å².